The number of anilines is 1. The number of carbonyl (C=O) groups excluding carboxylic acids is 2. The Morgan fingerprint density at radius 2 is 1.64 bits per heavy atom. The van der Waals surface area contributed by atoms with Gasteiger partial charge in [0.2, 0.25) is 5.79 Å². The molecule has 1 aromatic heterocycles. The average Bonchev–Trinajstić information content (AvgIpc) is 3.51. The number of hydrogen-bond acceptors (Lipinski definition) is 8. The molecule has 5 rings (SSSR count). The van der Waals surface area contributed by atoms with Crippen LogP contribution in [-0.2, 0) is 9.53 Å². The fraction of sp³-hybridized carbons (Fsp3) is 0.622. The van der Waals surface area contributed by atoms with E-state index in [4.69, 9.17) is 4.74 Å². The summed E-state index contributed by atoms with van der Waals surface area (Å²) in [5.74, 6) is -2.18. The summed E-state index contributed by atoms with van der Waals surface area (Å²) in [6, 6.07) is 11.6. The molecule has 4 N–H and O–H groups in total. The van der Waals surface area contributed by atoms with Gasteiger partial charge in [0.1, 0.15) is 10.6 Å². The zero-order chi connectivity index (χ0) is 36.9. The van der Waals surface area contributed by atoms with Crippen molar-refractivity contribution in [3.05, 3.63) is 42.0 Å². The van der Waals surface area contributed by atoms with Crippen LogP contribution in [0.1, 0.15) is 97.9 Å². The molecule has 2 aromatic rings. The Labute approximate surface area is 299 Å². The zero-order valence-corrected chi connectivity index (χ0v) is 31.4. The molecule has 274 valence electrons. The maximum absolute atomic E-state index is 14.5. The third-order valence-electron chi connectivity index (χ3n) is 10.3. The Hall–Kier alpha value is -3.84. The van der Waals surface area contributed by atoms with Crippen LogP contribution in [0.3, 0.4) is 0 Å². The number of nitrogens with one attached hydrogen (secondary N) is 2. The maximum Gasteiger partial charge on any atom is 0.411 e. The van der Waals surface area contributed by atoms with Crippen molar-refractivity contribution in [2.45, 2.75) is 110 Å². The van der Waals surface area contributed by atoms with Gasteiger partial charge in [0.15, 0.2) is 0 Å². The van der Waals surface area contributed by atoms with E-state index in [1.807, 2.05) is 55.1 Å². The highest BCUT2D eigenvalue weighted by atomic mass is 32.1. The number of benzene rings is 1. The molecule has 3 fully saturated rings. The number of hydrogen-bond donors (Lipinski definition) is 4. The number of carboxylic acid groups (broad SMARTS) is 2. The van der Waals surface area contributed by atoms with E-state index in [-0.39, 0.29) is 17.9 Å². The van der Waals surface area contributed by atoms with Gasteiger partial charge in [-0.3, -0.25) is 24.7 Å². The first-order chi connectivity index (χ1) is 23.2. The van der Waals surface area contributed by atoms with Crippen LogP contribution < -0.4 is 10.6 Å². The van der Waals surface area contributed by atoms with Gasteiger partial charge in [-0.05, 0) is 78.5 Å². The Bertz CT molecular complexity index is 1610. The molecule has 2 atom stereocenters. The second-order valence-electron chi connectivity index (χ2n) is 16.7. The summed E-state index contributed by atoms with van der Waals surface area (Å²) >= 11 is 1.29. The van der Waals surface area contributed by atoms with E-state index < -0.39 is 39.9 Å². The molecule has 3 aliphatic heterocycles. The second kappa shape index (κ2) is 13.4. The molecule has 12 nitrogen and oxygen atoms in total. The lowest BCUT2D eigenvalue weighted by Gasteiger charge is -2.55. The topological polar surface area (TPSA) is 152 Å². The molecule has 0 saturated carbocycles. The van der Waals surface area contributed by atoms with Gasteiger partial charge >= 0.3 is 18.2 Å². The standard InChI is InChI=1S/C37H53N5O7S/c1-33(2,3)37(39-31(45)46,42(32(47)48)34(4,5)6)38-28-26(21-27(50-28)24-13-10-9-11-14-24)29(43)40-19-15-25(16-20-40)41-18-12-17-36(23-41)22-35(7,8)49-30(36)44/h9-11,13-14,21,25,38-39H,12,15-20,22-23H2,1-8H3,(H,45,46)(H,47,48). The SMILES string of the molecule is CC1(C)CC2(CCCN(C3CCN(C(=O)c4cc(-c5ccccc5)sc4NC(NC(=O)O)(N(C(=O)O)C(C)(C)C)C(C)(C)C)CC3)C2)C(=O)O1. The fourth-order valence-electron chi connectivity index (χ4n) is 8.17. The van der Waals surface area contributed by atoms with E-state index in [0.717, 1.165) is 47.6 Å². The van der Waals surface area contributed by atoms with Crippen LogP contribution in [0.4, 0.5) is 14.6 Å². The number of piperidine rings is 2. The van der Waals surface area contributed by atoms with Crippen molar-refractivity contribution in [3.63, 3.8) is 0 Å². The molecule has 0 radical (unpaired) electrons. The molecule has 3 saturated heterocycles. The van der Waals surface area contributed by atoms with Crippen LogP contribution in [0.2, 0.25) is 0 Å². The lowest BCUT2D eigenvalue weighted by molar-refractivity contribution is -0.154. The van der Waals surface area contributed by atoms with Crippen molar-refractivity contribution in [1.82, 2.24) is 20.0 Å². The Morgan fingerprint density at radius 3 is 2.16 bits per heavy atom. The quantitative estimate of drug-likeness (QED) is 0.176. The molecule has 3 amide bonds. The molecule has 1 aromatic carbocycles. The first-order valence-electron chi connectivity index (χ1n) is 17.5. The van der Waals surface area contributed by atoms with E-state index in [1.54, 1.807) is 41.5 Å². The van der Waals surface area contributed by atoms with Gasteiger partial charge in [0, 0.05) is 47.9 Å². The normalized spacial score (nSPS) is 22.9. The van der Waals surface area contributed by atoms with Crippen molar-refractivity contribution < 1.29 is 34.1 Å². The van der Waals surface area contributed by atoms with E-state index in [9.17, 15) is 29.4 Å². The minimum absolute atomic E-state index is 0.0943. The number of ether oxygens (including phenoxy) is 1. The molecular formula is C37H53N5O7S. The molecule has 50 heavy (non-hydrogen) atoms. The number of cyclic esters (lactones) is 1. The summed E-state index contributed by atoms with van der Waals surface area (Å²) in [5.41, 5.74) is -1.78. The Balaban J connectivity index is 1.46. The Morgan fingerprint density at radius 1 is 1.00 bits per heavy atom. The summed E-state index contributed by atoms with van der Waals surface area (Å²) < 4.78 is 5.75. The number of carbonyl (C=O) groups is 4. The summed E-state index contributed by atoms with van der Waals surface area (Å²) in [4.78, 5) is 59.0. The lowest BCUT2D eigenvalue weighted by Crippen LogP contribution is -2.76. The minimum Gasteiger partial charge on any atom is -0.465 e. The van der Waals surface area contributed by atoms with Crippen molar-refractivity contribution in [2.75, 3.05) is 31.5 Å². The Kier molecular flexibility index (Phi) is 10.0. The van der Waals surface area contributed by atoms with Crippen molar-refractivity contribution in [2.24, 2.45) is 10.8 Å². The van der Waals surface area contributed by atoms with Gasteiger partial charge in [-0.2, -0.15) is 0 Å². The third-order valence-corrected chi connectivity index (χ3v) is 11.4. The van der Waals surface area contributed by atoms with Crippen molar-refractivity contribution in [3.8, 4) is 10.4 Å². The number of rotatable bonds is 7. The molecule has 13 heteroatoms. The number of esters is 1. The lowest BCUT2D eigenvalue weighted by atomic mass is 9.74. The van der Waals surface area contributed by atoms with E-state index in [1.165, 1.54) is 11.3 Å². The molecule has 3 aliphatic rings. The highest BCUT2D eigenvalue weighted by Crippen LogP contribution is 2.47. The maximum atomic E-state index is 14.5. The van der Waals surface area contributed by atoms with Crippen molar-refractivity contribution >= 4 is 40.4 Å². The van der Waals surface area contributed by atoms with Crippen LogP contribution in [0, 0.1) is 10.8 Å². The fourth-order valence-corrected chi connectivity index (χ4v) is 9.28. The van der Waals surface area contributed by atoms with Gasteiger partial charge in [-0.1, -0.05) is 51.1 Å². The van der Waals surface area contributed by atoms with Crippen LogP contribution >= 0.6 is 11.3 Å². The highest BCUT2D eigenvalue weighted by molar-refractivity contribution is 7.19. The van der Waals surface area contributed by atoms with Crippen LogP contribution in [0.15, 0.2) is 36.4 Å². The van der Waals surface area contributed by atoms with Gasteiger partial charge in [0.25, 0.3) is 5.91 Å². The van der Waals surface area contributed by atoms with Crippen LogP contribution in [0.5, 0.6) is 0 Å². The monoisotopic (exact) mass is 711 g/mol. The molecule has 2 unspecified atom stereocenters. The first kappa shape index (κ1) is 37.4. The van der Waals surface area contributed by atoms with Crippen molar-refractivity contribution in [1.29, 1.82) is 0 Å². The van der Waals surface area contributed by atoms with E-state index in [0.29, 0.717) is 36.6 Å². The minimum atomic E-state index is -1.87. The van der Waals surface area contributed by atoms with Crippen LogP contribution in [-0.4, -0.2) is 98.1 Å². The average molecular weight is 712 g/mol. The van der Waals surface area contributed by atoms with Gasteiger partial charge in [-0.25, -0.2) is 9.59 Å². The van der Waals surface area contributed by atoms with Gasteiger partial charge in [0.05, 0.1) is 11.0 Å². The van der Waals surface area contributed by atoms with Gasteiger partial charge < -0.3 is 25.2 Å². The molecule has 4 heterocycles. The summed E-state index contributed by atoms with van der Waals surface area (Å²) in [6.45, 7) is 16.9. The summed E-state index contributed by atoms with van der Waals surface area (Å²) in [6.07, 6.45) is 1.25. The van der Waals surface area contributed by atoms with Gasteiger partial charge in [-0.15, -0.1) is 11.3 Å². The number of likely N-dealkylation sites (tertiary alicyclic amines) is 2. The second-order valence-corrected chi connectivity index (χ2v) is 17.8. The molecular weight excluding hydrogens is 659 g/mol. The largest absolute Gasteiger partial charge is 0.465 e. The predicted molar refractivity (Wildman–Crippen MR) is 193 cm³/mol. The predicted octanol–water partition coefficient (Wildman–Crippen LogP) is 6.99. The molecule has 1 spiro atoms. The molecule has 0 aliphatic carbocycles. The van der Waals surface area contributed by atoms with E-state index in [2.05, 4.69) is 15.5 Å². The number of thiophene rings is 1. The molecule has 0 bridgehead atoms. The summed E-state index contributed by atoms with van der Waals surface area (Å²) in [7, 11) is 0. The van der Waals surface area contributed by atoms with Crippen LogP contribution in [0.25, 0.3) is 10.4 Å². The van der Waals surface area contributed by atoms with E-state index >= 15 is 0 Å². The third kappa shape index (κ3) is 7.30. The zero-order valence-electron chi connectivity index (χ0n) is 30.6. The number of amides is 3. The number of nitrogens with zero attached hydrogens (tertiary/aromatic N) is 3. The highest BCUT2D eigenvalue weighted by Gasteiger charge is 2.56. The summed E-state index contributed by atoms with van der Waals surface area (Å²) in [5, 5.41) is 26.9. The smallest absolute Gasteiger partial charge is 0.411 e. The first-order valence-corrected chi connectivity index (χ1v) is 18.3.